The Labute approximate surface area is 130 Å². The van der Waals surface area contributed by atoms with Crippen molar-refractivity contribution in [3.8, 4) is 0 Å². The Hall–Kier alpha value is -1.47. The molecule has 3 heterocycles. The zero-order chi connectivity index (χ0) is 15.7. The average Bonchev–Trinajstić information content (AvgIpc) is 3.11. The normalized spacial score (nSPS) is 28.9. The van der Waals surface area contributed by atoms with E-state index in [2.05, 4.69) is 22.0 Å². The number of aromatic nitrogens is 2. The van der Waals surface area contributed by atoms with E-state index >= 15 is 0 Å². The van der Waals surface area contributed by atoms with E-state index < -0.39 is 0 Å². The van der Waals surface area contributed by atoms with Crippen LogP contribution in [0.25, 0.3) is 0 Å². The Morgan fingerprint density at radius 1 is 1.50 bits per heavy atom. The van der Waals surface area contributed by atoms with Gasteiger partial charge in [-0.3, -0.25) is 4.79 Å². The molecule has 1 aromatic heterocycles. The van der Waals surface area contributed by atoms with Gasteiger partial charge in [-0.1, -0.05) is 12.1 Å². The van der Waals surface area contributed by atoms with Gasteiger partial charge in [0.2, 0.25) is 11.8 Å². The molecule has 2 aliphatic rings. The zero-order valence-corrected chi connectivity index (χ0v) is 13.3. The third-order valence-electron chi connectivity index (χ3n) is 5.07. The molecule has 7 nitrogen and oxygen atoms in total. The molecule has 122 valence electrons. The van der Waals surface area contributed by atoms with Crippen molar-refractivity contribution in [3.63, 3.8) is 0 Å². The summed E-state index contributed by atoms with van der Waals surface area (Å²) in [5.41, 5.74) is -0.263. The largest absolute Gasteiger partial charge is 0.396 e. The summed E-state index contributed by atoms with van der Waals surface area (Å²) in [6.07, 6.45) is 1.21. The van der Waals surface area contributed by atoms with Crippen molar-refractivity contribution in [2.75, 3.05) is 39.3 Å². The van der Waals surface area contributed by atoms with E-state index in [0.29, 0.717) is 24.2 Å². The molecule has 3 rings (SSSR count). The van der Waals surface area contributed by atoms with Crippen LogP contribution in [0.2, 0.25) is 0 Å². The molecule has 2 fully saturated rings. The van der Waals surface area contributed by atoms with Gasteiger partial charge in [-0.2, -0.15) is 4.98 Å². The second kappa shape index (κ2) is 5.96. The lowest BCUT2D eigenvalue weighted by Gasteiger charge is -2.41. The SMILES string of the molecule is CCN1CC[C@H]2CN(C(=O)CCO)C[C@@]2(c2nc(C)no2)C1. The summed E-state index contributed by atoms with van der Waals surface area (Å²) in [5.74, 6) is 1.65. The van der Waals surface area contributed by atoms with Crippen molar-refractivity contribution in [2.45, 2.75) is 32.1 Å². The quantitative estimate of drug-likeness (QED) is 0.854. The van der Waals surface area contributed by atoms with Gasteiger partial charge >= 0.3 is 0 Å². The minimum absolute atomic E-state index is 0.00978. The Bertz CT molecular complexity index is 547. The summed E-state index contributed by atoms with van der Waals surface area (Å²) in [7, 11) is 0. The van der Waals surface area contributed by atoms with Crippen molar-refractivity contribution in [1.29, 1.82) is 0 Å². The van der Waals surface area contributed by atoms with Gasteiger partial charge in [0.05, 0.1) is 12.0 Å². The van der Waals surface area contributed by atoms with Crippen LogP contribution < -0.4 is 0 Å². The molecular formula is C15H24N4O3. The first kappa shape index (κ1) is 15.4. The van der Waals surface area contributed by atoms with Gasteiger partial charge in [0.1, 0.15) is 0 Å². The van der Waals surface area contributed by atoms with Gasteiger partial charge in [0, 0.05) is 26.1 Å². The van der Waals surface area contributed by atoms with Crippen molar-refractivity contribution in [1.82, 2.24) is 19.9 Å². The second-order valence-electron chi connectivity index (χ2n) is 6.41. The van der Waals surface area contributed by atoms with Crippen LogP contribution in [0, 0.1) is 12.8 Å². The van der Waals surface area contributed by atoms with Gasteiger partial charge in [0.15, 0.2) is 5.82 Å². The fraction of sp³-hybridized carbons (Fsp3) is 0.800. The van der Waals surface area contributed by atoms with Crippen LogP contribution in [0.3, 0.4) is 0 Å². The molecule has 1 aromatic rings. The van der Waals surface area contributed by atoms with E-state index in [9.17, 15) is 4.79 Å². The summed E-state index contributed by atoms with van der Waals surface area (Å²) in [6, 6.07) is 0. The lowest BCUT2D eigenvalue weighted by atomic mass is 9.73. The smallest absolute Gasteiger partial charge is 0.236 e. The standard InChI is InChI=1S/C15H24N4O3/c1-3-18-6-4-12-8-19(13(21)5-7-20)10-15(12,9-18)14-16-11(2)17-22-14/h12,20H,3-10H2,1-2H3/t12-,15-/m0/s1. The molecule has 1 N–H and O–H groups in total. The molecule has 2 saturated heterocycles. The molecule has 0 unspecified atom stereocenters. The number of amides is 1. The highest BCUT2D eigenvalue weighted by Crippen LogP contribution is 2.44. The van der Waals surface area contributed by atoms with Crippen LogP contribution in [0.1, 0.15) is 31.5 Å². The number of fused-ring (bicyclic) bond motifs is 1. The molecule has 0 radical (unpaired) electrons. The summed E-state index contributed by atoms with van der Waals surface area (Å²) < 4.78 is 5.51. The third kappa shape index (κ3) is 2.52. The van der Waals surface area contributed by atoms with E-state index in [0.717, 1.165) is 32.6 Å². The molecule has 0 bridgehead atoms. The van der Waals surface area contributed by atoms with Crippen LogP contribution in [0.15, 0.2) is 4.52 Å². The molecule has 0 aromatic carbocycles. The maximum absolute atomic E-state index is 12.2. The Kier molecular flexibility index (Phi) is 4.18. The van der Waals surface area contributed by atoms with Crippen molar-refractivity contribution in [2.24, 2.45) is 5.92 Å². The van der Waals surface area contributed by atoms with Crippen LogP contribution in [0.5, 0.6) is 0 Å². The lowest BCUT2D eigenvalue weighted by Crippen LogP contribution is -2.52. The molecule has 22 heavy (non-hydrogen) atoms. The monoisotopic (exact) mass is 308 g/mol. The first-order valence-corrected chi connectivity index (χ1v) is 8.01. The summed E-state index contributed by atoms with van der Waals surface area (Å²) in [6.45, 7) is 8.06. The van der Waals surface area contributed by atoms with Crippen molar-refractivity contribution >= 4 is 5.91 Å². The van der Waals surface area contributed by atoms with E-state index in [-0.39, 0.29) is 24.3 Å². The molecule has 1 amide bonds. The molecular weight excluding hydrogens is 284 g/mol. The molecule has 0 saturated carbocycles. The van der Waals surface area contributed by atoms with E-state index in [1.54, 1.807) is 0 Å². The summed E-state index contributed by atoms with van der Waals surface area (Å²) in [5, 5.41) is 13.0. The number of likely N-dealkylation sites (tertiary alicyclic amines) is 2. The maximum atomic E-state index is 12.2. The van der Waals surface area contributed by atoms with Gasteiger partial charge in [-0.25, -0.2) is 0 Å². The fourth-order valence-electron chi connectivity index (χ4n) is 3.86. The highest BCUT2D eigenvalue weighted by molar-refractivity contribution is 5.77. The summed E-state index contributed by atoms with van der Waals surface area (Å²) in [4.78, 5) is 20.9. The fourth-order valence-corrected chi connectivity index (χ4v) is 3.86. The lowest BCUT2D eigenvalue weighted by molar-refractivity contribution is -0.131. The predicted molar refractivity (Wildman–Crippen MR) is 79.2 cm³/mol. The van der Waals surface area contributed by atoms with Gasteiger partial charge < -0.3 is 19.4 Å². The number of carbonyl (C=O) groups is 1. The van der Waals surface area contributed by atoms with E-state index in [1.165, 1.54) is 0 Å². The topological polar surface area (TPSA) is 82.7 Å². The van der Waals surface area contributed by atoms with Crippen molar-refractivity contribution < 1.29 is 14.4 Å². The molecule has 0 aliphatic carbocycles. The second-order valence-corrected chi connectivity index (χ2v) is 6.41. The Balaban J connectivity index is 1.91. The number of piperidine rings is 1. The number of likely N-dealkylation sites (N-methyl/N-ethyl adjacent to an activating group) is 1. The minimum atomic E-state index is -0.263. The molecule has 7 heteroatoms. The van der Waals surface area contributed by atoms with Crippen LogP contribution in [0.4, 0.5) is 0 Å². The first-order valence-electron chi connectivity index (χ1n) is 8.01. The Morgan fingerprint density at radius 2 is 2.32 bits per heavy atom. The summed E-state index contributed by atoms with van der Waals surface area (Å²) >= 11 is 0. The number of hydrogen-bond donors (Lipinski definition) is 1. The van der Waals surface area contributed by atoms with Gasteiger partial charge in [-0.05, 0) is 32.4 Å². The van der Waals surface area contributed by atoms with Gasteiger partial charge in [-0.15, -0.1) is 0 Å². The molecule has 2 atom stereocenters. The van der Waals surface area contributed by atoms with E-state index in [1.807, 2.05) is 11.8 Å². The number of carbonyl (C=O) groups excluding carboxylic acids is 1. The van der Waals surface area contributed by atoms with E-state index in [4.69, 9.17) is 9.63 Å². The molecule has 0 spiro atoms. The predicted octanol–water partition coefficient (Wildman–Crippen LogP) is 0.182. The number of aliphatic hydroxyl groups is 1. The minimum Gasteiger partial charge on any atom is -0.396 e. The number of aliphatic hydroxyl groups excluding tert-OH is 1. The number of aryl methyl sites for hydroxylation is 1. The number of nitrogens with zero attached hydrogens (tertiary/aromatic N) is 4. The third-order valence-corrected chi connectivity index (χ3v) is 5.07. The van der Waals surface area contributed by atoms with Crippen LogP contribution >= 0.6 is 0 Å². The van der Waals surface area contributed by atoms with Crippen LogP contribution in [-0.4, -0.2) is 70.3 Å². The highest BCUT2D eigenvalue weighted by Gasteiger charge is 2.55. The first-order chi connectivity index (χ1) is 10.6. The van der Waals surface area contributed by atoms with Gasteiger partial charge in [0.25, 0.3) is 0 Å². The zero-order valence-electron chi connectivity index (χ0n) is 13.3. The van der Waals surface area contributed by atoms with Crippen molar-refractivity contribution in [3.05, 3.63) is 11.7 Å². The average molecular weight is 308 g/mol. The highest BCUT2D eigenvalue weighted by atomic mass is 16.5. The number of hydrogen-bond acceptors (Lipinski definition) is 6. The Morgan fingerprint density at radius 3 is 2.95 bits per heavy atom. The molecule has 2 aliphatic heterocycles. The van der Waals surface area contributed by atoms with Crippen LogP contribution in [-0.2, 0) is 10.2 Å². The maximum Gasteiger partial charge on any atom is 0.236 e. The number of rotatable bonds is 4.